The lowest BCUT2D eigenvalue weighted by Crippen LogP contribution is -2.10. The van der Waals surface area contributed by atoms with Gasteiger partial charge in [-0.2, -0.15) is 13.7 Å². The zero-order valence-electron chi connectivity index (χ0n) is 18.8. The van der Waals surface area contributed by atoms with Crippen LogP contribution in [0.15, 0.2) is 108 Å². The van der Waals surface area contributed by atoms with Gasteiger partial charge in [0.25, 0.3) is 0 Å². The molecule has 5 rings (SSSR count). The molecule has 0 fully saturated rings. The minimum absolute atomic E-state index is 0.0210. The predicted octanol–water partition coefficient (Wildman–Crippen LogP) is 5.92. The summed E-state index contributed by atoms with van der Waals surface area (Å²) in [6, 6.07) is 30.6. The van der Waals surface area contributed by atoms with Crippen molar-refractivity contribution in [3.05, 3.63) is 109 Å². The van der Waals surface area contributed by atoms with Crippen molar-refractivity contribution in [3.63, 3.8) is 0 Å². The highest BCUT2D eigenvalue weighted by Gasteiger charge is 2.28. The van der Waals surface area contributed by atoms with Crippen LogP contribution in [0.25, 0.3) is 27.9 Å². The van der Waals surface area contributed by atoms with Gasteiger partial charge in [0.15, 0.2) is 5.75 Å². The van der Waals surface area contributed by atoms with Crippen molar-refractivity contribution in [2.24, 2.45) is 0 Å². The molecule has 0 radical (unpaired) electrons. The average molecular weight is 481 g/mol. The van der Waals surface area contributed by atoms with Gasteiger partial charge in [0.1, 0.15) is 22.2 Å². The lowest BCUT2D eigenvalue weighted by molar-refractivity contribution is 0.414. The van der Waals surface area contributed by atoms with E-state index in [1.54, 1.807) is 30.5 Å². The monoisotopic (exact) mass is 480 g/mol. The Hall–Kier alpha value is -4.54. The molecule has 5 aromatic rings. The molecule has 35 heavy (non-hydrogen) atoms. The number of nitriles is 1. The van der Waals surface area contributed by atoms with Crippen LogP contribution in [0.3, 0.4) is 0 Å². The molecule has 6 nitrogen and oxygen atoms in total. The first-order valence-electron chi connectivity index (χ1n) is 10.8. The van der Waals surface area contributed by atoms with Crippen LogP contribution in [0.4, 0.5) is 0 Å². The Morgan fingerprint density at radius 3 is 2.03 bits per heavy atom. The van der Waals surface area contributed by atoms with Gasteiger partial charge < -0.3 is 13.3 Å². The van der Waals surface area contributed by atoms with E-state index < -0.39 is 10.1 Å². The van der Waals surface area contributed by atoms with E-state index in [0.717, 1.165) is 16.8 Å². The third kappa shape index (κ3) is 4.01. The first kappa shape index (κ1) is 22.3. The largest absolute Gasteiger partial charge is 0.497 e. The predicted molar refractivity (Wildman–Crippen MR) is 134 cm³/mol. The van der Waals surface area contributed by atoms with E-state index in [1.165, 1.54) is 19.2 Å². The van der Waals surface area contributed by atoms with Gasteiger partial charge in [-0.1, -0.05) is 60.7 Å². The van der Waals surface area contributed by atoms with Crippen molar-refractivity contribution in [2.45, 2.75) is 4.90 Å². The number of methoxy groups -OCH3 is 1. The molecule has 0 aliphatic rings. The van der Waals surface area contributed by atoms with Crippen LogP contribution < -0.4 is 8.92 Å². The molecule has 0 saturated heterocycles. The summed E-state index contributed by atoms with van der Waals surface area (Å²) in [7, 11) is -2.72. The number of hydrogen-bond acceptors (Lipinski definition) is 5. The molecule has 0 N–H and O–H groups in total. The fraction of sp³-hybridized carbons (Fsp3) is 0.0357. The normalized spacial score (nSPS) is 11.2. The number of nitrogens with zero attached hydrogens (tertiary/aromatic N) is 2. The maximum Gasteiger partial charge on any atom is 0.339 e. The van der Waals surface area contributed by atoms with Gasteiger partial charge in [-0.15, -0.1) is 0 Å². The Balaban J connectivity index is 1.84. The topological polar surface area (TPSA) is 80.8 Å². The number of benzene rings is 3. The van der Waals surface area contributed by atoms with Gasteiger partial charge in [0, 0.05) is 6.20 Å². The first-order chi connectivity index (χ1) is 17.0. The number of pyridine rings is 1. The van der Waals surface area contributed by atoms with Gasteiger partial charge in [-0.25, -0.2) is 0 Å². The first-order valence-corrected chi connectivity index (χ1v) is 12.2. The minimum atomic E-state index is -4.23. The Labute approximate surface area is 203 Å². The third-order valence-corrected chi connectivity index (χ3v) is 6.92. The Morgan fingerprint density at radius 2 is 1.43 bits per heavy atom. The summed E-state index contributed by atoms with van der Waals surface area (Å²) in [5, 5.41) is 9.89. The van der Waals surface area contributed by atoms with E-state index in [-0.39, 0.29) is 10.6 Å². The van der Waals surface area contributed by atoms with E-state index in [0.29, 0.717) is 22.4 Å². The van der Waals surface area contributed by atoms with Crippen molar-refractivity contribution < 1.29 is 17.3 Å². The summed E-state index contributed by atoms with van der Waals surface area (Å²) in [6.07, 6.45) is 1.80. The molecule has 0 saturated carbocycles. The van der Waals surface area contributed by atoms with E-state index >= 15 is 0 Å². The van der Waals surface area contributed by atoms with Gasteiger partial charge in [-0.3, -0.25) is 0 Å². The fourth-order valence-electron chi connectivity index (χ4n) is 4.10. The zero-order valence-corrected chi connectivity index (χ0v) is 19.6. The van der Waals surface area contributed by atoms with Crippen LogP contribution in [-0.2, 0) is 10.1 Å². The van der Waals surface area contributed by atoms with Crippen LogP contribution in [0.5, 0.6) is 11.5 Å². The molecule has 0 spiro atoms. The van der Waals surface area contributed by atoms with E-state index in [2.05, 4.69) is 6.07 Å². The molecule has 172 valence electrons. The van der Waals surface area contributed by atoms with E-state index in [9.17, 15) is 13.7 Å². The number of hydrogen-bond donors (Lipinski definition) is 0. The summed E-state index contributed by atoms with van der Waals surface area (Å²) >= 11 is 0. The molecule has 2 aromatic heterocycles. The maximum atomic E-state index is 13.4. The highest BCUT2D eigenvalue weighted by atomic mass is 32.2. The van der Waals surface area contributed by atoms with Crippen molar-refractivity contribution in [1.82, 2.24) is 4.40 Å². The molecular weight excluding hydrogens is 460 g/mol. The van der Waals surface area contributed by atoms with Crippen LogP contribution >= 0.6 is 0 Å². The molecule has 7 heteroatoms. The lowest BCUT2D eigenvalue weighted by Gasteiger charge is -2.11. The van der Waals surface area contributed by atoms with E-state index in [1.807, 2.05) is 65.1 Å². The van der Waals surface area contributed by atoms with Crippen LogP contribution in [-0.4, -0.2) is 19.9 Å². The van der Waals surface area contributed by atoms with Crippen LogP contribution in [0.1, 0.15) is 5.56 Å². The van der Waals surface area contributed by atoms with Gasteiger partial charge >= 0.3 is 10.1 Å². The van der Waals surface area contributed by atoms with Crippen LogP contribution in [0, 0.1) is 11.3 Å². The SMILES string of the molecule is COc1ccc(S(=O)(=O)Oc2c(-c3ccccc3)c(-c3ccccc3)n3cccc(C#N)c23)cc1. The Bertz CT molecular complexity index is 1650. The van der Waals surface area contributed by atoms with E-state index in [4.69, 9.17) is 8.92 Å². The summed E-state index contributed by atoms with van der Waals surface area (Å²) in [5.74, 6) is 0.629. The summed E-state index contributed by atoms with van der Waals surface area (Å²) in [4.78, 5) is -0.0210. The second kappa shape index (κ2) is 9.01. The highest BCUT2D eigenvalue weighted by Crippen LogP contribution is 2.46. The highest BCUT2D eigenvalue weighted by molar-refractivity contribution is 7.87. The molecule has 0 unspecified atom stereocenters. The second-order valence-corrected chi connectivity index (χ2v) is 9.30. The summed E-state index contributed by atoms with van der Waals surface area (Å²) in [5.41, 5.74) is 3.60. The standard InChI is InChI=1S/C28H20N2O4S/c1-33-23-14-16-24(17-15-23)35(31,32)34-28-25(20-9-4-2-5-10-20)26(21-11-6-3-7-12-21)30-18-8-13-22(19-29)27(28)30/h2-18H,1H3. The minimum Gasteiger partial charge on any atom is -0.497 e. The molecule has 2 heterocycles. The summed E-state index contributed by atoms with van der Waals surface area (Å²) in [6.45, 7) is 0. The van der Waals surface area contributed by atoms with Gasteiger partial charge in [0.2, 0.25) is 0 Å². The molecule has 3 aromatic carbocycles. The van der Waals surface area contributed by atoms with Crippen molar-refractivity contribution in [2.75, 3.05) is 7.11 Å². The number of aromatic nitrogens is 1. The second-order valence-electron chi connectivity index (χ2n) is 7.75. The fourth-order valence-corrected chi connectivity index (χ4v) is 5.04. The smallest absolute Gasteiger partial charge is 0.339 e. The molecular formula is C28H20N2O4S. The van der Waals surface area contributed by atoms with Crippen LogP contribution in [0.2, 0.25) is 0 Å². The number of ether oxygens (including phenoxy) is 1. The average Bonchev–Trinajstić information content (AvgIpc) is 3.23. The zero-order chi connectivity index (χ0) is 24.4. The molecule has 0 aliphatic carbocycles. The lowest BCUT2D eigenvalue weighted by atomic mass is 10.0. The molecule has 0 amide bonds. The van der Waals surface area contributed by atoms with Crippen molar-refractivity contribution in [1.29, 1.82) is 5.26 Å². The van der Waals surface area contributed by atoms with Crippen molar-refractivity contribution >= 4 is 15.6 Å². The Morgan fingerprint density at radius 1 is 0.800 bits per heavy atom. The molecule has 0 aliphatic heterocycles. The van der Waals surface area contributed by atoms with Gasteiger partial charge in [-0.05, 0) is 47.5 Å². The maximum absolute atomic E-state index is 13.4. The Kier molecular flexibility index (Phi) is 5.73. The third-order valence-electron chi connectivity index (χ3n) is 5.69. The quantitative estimate of drug-likeness (QED) is 0.282. The van der Waals surface area contributed by atoms with Crippen molar-refractivity contribution in [3.8, 4) is 40.0 Å². The number of rotatable bonds is 6. The number of fused-ring (bicyclic) bond motifs is 1. The molecule has 0 atom stereocenters. The summed E-state index contributed by atoms with van der Waals surface area (Å²) < 4.78 is 39.7. The molecule has 0 bridgehead atoms. The van der Waals surface area contributed by atoms with Gasteiger partial charge in [0.05, 0.1) is 23.9 Å².